The molecule has 4 nitrogen and oxygen atoms in total. The molecule has 0 atom stereocenters. The lowest BCUT2D eigenvalue weighted by atomic mass is 10.1. The number of hydrogen-bond acceptors (Lipinski definition) is 3. The molecular weight excluding hydrogens is 216 g/mol. The van der Waals surface area contributed by atoms with Gasteiger partial charge in [-0.2, -0.15) is 0 Å². The third-order valence-corrected chi connectivity index (χ3v) is 2.20. The van der Waals surface area contributed by atoms with E-state index >= 15 is 0 Å². The average Bonchev–Trinajstić information content (AvgIpc) is 2.29. The zero-order valence-electron chi connectivity index (χ0n) is 9.81. The molecule has 0 aliphatic rings. The number of ether oxygens (including phenoxy) is 1. The van der Waals surface area contributed by atoms with Gasteiger partial charge in [0, 0.05) is 11.6 Å². The fraction of sp³-hybridized carbons (Fsp3) is 0.231. The molecule has 2 rings (SSSR count). The Kier molecular flexibility index (Phi) is 3.23. The fourth-order valence-electron chi connectivity index (χ4n) is 1.50. The maximum atomic E-state index is 11.2. The summed E-state index contributed by atoms with van der Waals surface area (Å²) in [5.41, 5.74) is 1.40. The molecule has 0 aliphatic carbocycles. The molecule has 17 heavy (non-hydrogen) atoms. The second-order valence-corrected chi connectivity index (χ2v) is 3.99. The van der Waals surface area contributed by atoms with Crippen LogP contribution in [0.15, 0.2) is 41.5 Å². The van der Waals surface area contributed by atoms with Crippen molar-refractivity contribution in [3.63, 3.8) is 0 Å². The molecule has 1 heterocycles. The van der Waals surface area contributed by atoms with E-state index in [1.165, 1.54) is 12.4 Å². The quantitative estimate of drug-likeness (QED) is 0.879. The van der Waals surface area contributed by atoms with Gasteiger partial charge in [0.05, 0.1) is 18.1 Å². The smallest absolute Gasteiger partial charge is 0.251 e. The Morgan fingerprint density at radius 1 is 1.24 bits per heavy atom. The number of rotatable bonds is 3. The van der Waals surface area contributed by atoms with Crippen molar-refractivity contribution in [2.75, 3.05) is 0 Å². The lowest BCUT2D eigenvalue weighted by Crippen LogP contribution is -2.05. The van der Waals surface area contributed by atoms with Crippen LogP contribution >= 0.6 is 0 Å². The number of benzene rings is 1. The number of nitrogens with zero attached hydrogens (tertiary/aromatic N) is 1. The van der Waals surface area contributed by atoms with E-state index in [2.05, 4.69) is 9.97 Å². The Hall–Kier alpha value is -2.10. The maximum absolute atomic E-state index is 11.2. The lowest BCUT2D eigenvalue weighted by molar-refractivity contribution is 0.242. The van der Waals surface area contributed by atoms with E-state index in [0.29, 0.717) is 5.69 Å². The van der Waals surface area contributed by atoms with Crippen molar-refractivity contribution >= 4 is 0 Å². The van der Waals surface area contributed by atoms with E-state index in [-0.39, 0.29) is 11.7 Å². The number of aromatic nitrogens is 2. The highest BCUT2D eigenvalue weighted by molar-refractivity contribution is 5.59. The summed E-state index contributed by atoms with van der Waals surface area (Å²) in [6.07, 6.45) is 1.55. The average molecular weight is 230 g/mol. The summed E-state index contributed by atoms with van der Waals surface area (Å²) in [6, 6.07) is 8.99. The Bertz CT molecular complexity index is 544. The van der Waals surface area contributed by atoms with E-state index in [9.17, 15) is 4.79 Å². The van der Waals surface area contributed by atoms with Gasteiger partial charge in [-0.05, 0) is 38.1 Å². The van der Waals surface area contributed by atoms with Gasteiger partial charge in [0.25, 0.3) is 5.56 Å². The summed E-state index contributed by atoms with van der Waals surface area (Å²) in [4.78, 5) is 17.7. The molecule has 0 radical (unpaired) electrons. The van der Waals surface area contributed by atoms with Crippen LogP contribution in [-0.2, 0) is 0 Å². The van der Waals surface area contributed by atoms with Crippen LogP contribution in [0.5, 0.6) is 5.75 Å². The molecule has 0 unspecified atom stereocenters. The molecule has 1 aromatic carbocycles. The van der Waals surface area contributed by atoms with Crippen molar-refractivity contribution in [2.24, 2.45) is 0 Å². The largest absolute Gasteiger partial charge is 0.491 e. The minimum absolute atomic E-state index is 0.151. The van der Waals surface area contributed by atoms with Crippen LogP contribution in [0.2, 0.25) is 0 Å². The zero-order chi connectivity index (χ0) is 12.3. The monoisotopic (exact) mass is 230 g/mol. The van der Waals surface area contributed by atoms with Gasteiger partial charge in [-0.3, -0.25) is 4.79 Å². The molecule has 0 spiro atoms. The first-order valence-corrected chi connectivity index (χ1v) is 5.47. The summed E-state index contributed by atoms with van der Waals surface area (Å²) >= 11 is 0. The van der Waals surface area contributed by atoms with E-state index in [4.69, 9.17) is 4.74 Å². The Morgan fingerprint density at radius 2 is 1.94 bits per heavy atom. The second kappa shape index (κ2) is 4.82. The summed E-state index contributed by atoms with van der Waals surface area (Å²) in [6.45, 7) is 3.96. The van der Waals surface area contributed by atoms with Crippen LogP contribution in [0.1, 0.15) is 13.8 Å². The van der Waals surface area contributed by atoms with Crippen molar-refractivity contribution in [2.45, 2.75) is 20.0 Å². The molecule has 0 aliphatic heterocycles. The SMILES string of the molecule is CC(C)Oc1ccc(-c2cc(=O)[nH]cn2)cc1. The molecule has 0 amide bonds. The van der Waals surface area contributed by atoms with Gasteiger partial charge in [-0.15, -0.1) is 0 Å². The summed E-state index contributed by atoms with van der Waals surface area (Å²) in [5, 5.41) is 0. The minimum Gasteiger partial charge on any atom is -0.491 e. The van der Waals surface area contributed by atoms with Crippen LogP contribution < -0.4 is 10.3 Å². The van der Waals surface area contributed by atoms with Crippen LogP contribution in [0.3, 0.4) is 0 Å². The van der Waals surface area contributed by atoms with Gasteiger partial charge < -0.3 is 9.72 Å². The third kappa shape index (κ3) is 2.93. The molecule has 1 N–H and O–H groups in total. The topological polar surface area (TPSA) is 55.0 Å². The number of H-pyrrole nitrogens is 1. The maximum Gasteiger partial charge on any atom is 0.251 e. The first kappa shape index (κ1) is 11.4. The first-order valence-electron chi connectivity index (χ1n) is 5.47. The van der Waals surface area contributed by atoms with Gasteiger partial charge in [0.1, 0.15) is 5.75 Å². The van der Waals surface area contributed by atoms with Crippen molar-refractivity contribution < 1.29 is 4.74 Å². The third-order valence-electron chi connectivity index (χ3n) is 2.20. The molecular formula is C13H14N2O2. The predicted molar refractivity (Wildman–Crippen MR) is 66.1 cm³/mol. The highest BCUT2D eigenvalue weighted by Crippen LogP contribution is 2.19. The van der Waals surface area contributed by atoms with E-state index in [0.717, 1.165) is 11.3 Å². The molecule has 88 valence electrons. The van der Waals surface area contributed by atoms with Crippen molar-refractivity contribution in [1.29, 1.82) is 0 Å². The van der Waals surface area contributed by atoms with Gasteiger partial charge in [0.15, 0.2) is 0 Å². The molecule has 2 aromatic rings. The van der Waals surface area contributed by atoms with Gasteiger partial charge in [-0.25, -0.2) is 4.98 Å². The fourth-order valence-corrected chi connectivity index (χ4v) is 1.50. The number of aromatic amines is 1. The van der Waals surface area contributed by atoms with Crippen molar-refractivity contribution in [1.82, 2.24) is 9.97 Å². The van der Waals surface area contributed by atoms with Crippen LogP contribution in [0.25, 0.3) is 11.3 Å². The van der Waals surface area contributed by atoms with E-state index in [1.807, 2.05) is 38.1 Å². The lowest BCUT2D eigenvalue weighted by Gasteiger charge is -2.09. The second-order valence-electron chi connectivity index (χ2n) is 3.99. The predicted octanol–water partition coefficient (Wildman–Crippen LogP) is 2.22. The normalized spacial score (nSPS) is 10.5. The Balaban J connectivity index is 2.26. The minimum atomic E-state index is -0.155. The van der Waals surface area contributed by atoms with Crippen LogP contribution in [0, 0.1) is 0 Å². The van der Waals surface area contributed by atoms with E-state index < -0.39 is 0 Å². The molecule has 0 bridgehead atoms. The molecule has 1 aromatic heterocycles. The van der Waals surface area contributed by atoms with Crippen LogP contribution in [0.4, 0.5) is 0 Å². The molecule has 0 saturated heterocycles. The Labute approximate surface area is 99.3 Å². The molecule has 4 heteroatoms. The van der Waals surface area contributed by atoms with Gasteiger partial charge >= 0.3 is 0 Å². The highest BCUT2D eigenvalue weighted by Gasteiger charge is 2.01. The van der Waals surface area contributed by atoms with Crippen LogP contribution in [-0.4, -0.2) is 16.1 Å². The number of nitrogens with one attached hydrogen (secondary N) is 1. The summed E-state index contributed by atoms with van der Waals surface area (Å²) in [5.74, 6) is 0.814. The van der Waals surface area contributed by atoms with Crippen molar-refractivity contribution in [3.05, 3.63) is 47.0 Å². The molecule has 0 saturated carbocycles. The first-order chi connectivity index (χ1) is 8.15. The highest BCUT2D eigenvalue weighted by atomic mass is 16.5. The Morgan fingerprint density at radius 3 is 2.53 bits per heavy atom. The van der Waals surface area contributed by atoms with Crippen molar-refractivity contribution in [3.8, 4) is 17.0 Å². The standard InChI is InChI=1S/C13H14N2O2/c1-9(2)17-11-5-3-10(4-6-11)12-7-13(16)15-8-14-12/h3-9H,1-2H3,(H,14,15,16). The summed E-state index contributed by atoms with van der Waals surface area (Å²) in [7, 11) is 0. The summed E-state index contributed by atoms with van der Waals surface area (Å²) < 4.78 is 5.54. The van der Waals surface area contributed by atoms with E-state index in [1.54, 1.807) is 0 Å². The van der Waals surface area contributed by atoms with Gasteiger partial charge in [0.2, 0.25) is 0 Å². The van der Waals surface area contributed by atoms with Gasteiger partial charge in [-0.1, -0.05) is 0 Å². The molecule has 0 fully saturated rings. The number of hydrogen-bond donors (Lipinski definition) is 1. The zero-order valence-corrected chi connectivity index (χ0v) is 9.81.